The summed E-state index contributed by atoms with van der Waals surface area (Å²) < 4.78 is 8.26. The number of fused-ring (bicyclic) bond motifs is 1. The van der Waals surface area contributed by atoms with Crippen molar-refractivity contribution in [2.75, 3.05) is 26.1 Å². The first-order valence-corrected chi connectivity index (χ1v) is 14.3. The first-order chi connectivity index (χ1) is 19.4. The van der Waals surface area contributed by atoms with Gasteiger partial charge in [0.15, 0.2) is 5.69 Å². The molecule has 9 heteroatoms. The Hall–Kier alpha value is -3.39. The van der Waals surface area contributed by atoms with Gasteiger partial charge in [-0.1, -0.05) is 47.5 Å². The van der Waals surface area contributed by atoms with Crippen molar-refractivity contribution in [2.24, 2.45) is 0 Å². The summed E-state index contributed by atoms with van der Waals surface area (Å²) in [6.45, 7) is 8.11. The average Bonchev–Trinajstić information content (AvgIpc) is 3.45. The second-order valence-electron chi connectivity index (χ2n) is 11.1. The van der Waals surface area contributed by atoms with E-state index in [9.17, 15) is 9.59 Å². The van der Waals surface area contributed by atoms with Gasteiger partial charge in [-0.2, -0.15) is 0 Å². The van der Waals surface area contributed by atoms with Crippen molar-refractivity contribution >= 4 is 40.7 Å². The fraction of sp³-hybridized carbons (Fsp3) is 0.344. The number of halogens is 2. The molecule has 2 amide bonds. The summed E-state index contributed by atoms with van der Waals surface area (Å²) in [6.07, 6.45) is 5.93. The van der Waals surface area contributed by atoms with Crippen molar-refractivity contribution < 1.29 is 14.3 Å². The van der Waals surface area contributed by atoms with Crippen LogP contribution in [-0.4, -0.2) is 47.5 Å². The lowest BCUT2D eigenvalue weighted by Crippen LogP contribution is -2.36. The number of imidazole rings is 1. The van der Waals surface area contributed by atoms with E-state index in [-0.39, 0.29) is 17.9 Å². The maximum absolute atomic E-state index is 14.4. The highest BCUT2D eigenvalue weighted by Crippen LogP contribution is 2.48. The Morgan fingerprint density at radius 1 is 1.10 bits per heavy atom. The lowest BCUT2D eigenvalue weighted by atomic mass is 9.90. The van der Waals surface area contributed by atoms with E-state index >= 15 is 0 Å². The van der Waals surface area contributed by atoms with Gasteiger partial charge in [0.05, 0.1) is 5.69 Å². The third-order valence-corrected chi connectivity index (χ3v) is 8.38. The molecule has 41 heavy (non-hydrogen) atoms. The molecule has 2 aliphatic rings. The van der Waals surface area contributed by atoms with Crippen molar-refractivity contribution in [1.82, 2.24) is 14.5 Å². The number of rotatable bonds is 6. The van der Waals surface area contributed by atoms with Crippen LogP contribution in [0.2, 0.25) is 10.0 Å². The predicted molar refractivity (Wildman–Crippen MR) is 163 cm³/mol. The molecule has 1 aliphatic carbocycles. The molecule has 0 radical (unpaired) electrons. The molecule has 0 bridgehead atoms. The summed E-state index contributed by atoms with van der Waals surface area (Å²) in [4.78, 5) is 35.3. The number of aromatic nitrogens is 2. The Kier molecular flexibility index (Phi) is 7.66. The molecule has 2 heterocycles. The topological polar surface area (TPSA) is 67.7 Å². The fourth-order valence-electron chi connectivity index (χ4n) is 5.81. The van der Waals surface area contributed by atoms with Crippen LogP contribution >= 0.6 is 23.2 Å². The maximum Gasteiger partial charge on any atom is 0.279 e. The minimum absolute atomic E-state index is 0.0567. The highest BCUT2D eigenvalue weighted by Gasteiger charge is 2.48. The average molecular weight is 594 g/mol. The molecule has 2 aromatic carbocycles. The molecule has 0 N–H and O–H groups in total. The van der Waals surface area contributed by atoms with Crippen LogP contribution in [0, 0.1) is 13.8 Å². The van der Waals surface area contributed by atoms with Crippen LogP contribution < -0.4 is 4.90 Å². The van der Waals surface area contributed by atoms with Gasteiger partial charge in [0.25, 0.3) is 11.8 Å². The van der Waals surface area contributed by atoms with Crippen molar-refractivity contribution in [3.63, 3.8) is 0 Å². The van der Waals surface area contributed by atoms with Crippen molar-refractivity contribution in [3.8, 4) is 0 Å². The third-order valence-electron chi connectivity index (χ3n) is 7.91. The number of anilines is 1. The molecular formula is C32H34Cl2N4O3. The number of carbonyl (C=O) groups is 2. The zero-order valence-corrected chi connectivity index (χ0v) is 25.8. The molecule has 1 aliphatic heterocycles. The van der Waals surface area contributed by atoms with Crippen LogP contribution in [0.15, 0.2) is 60.2 Å². The fourth-order valence-corrected chi connectivity index (χ4v) is 6.20. The van der Waals surface area contributed by atoms with Crippen molar-refractivity contribution in [1.29, 1.82) is 0 Å². The normalized spacial score (nSPS) is 20.0. The second-order valence-corrected chi connectivity index (χ2v) is 12.0. The maximum atomic E-state index is 14.4. The van der Waals surface area contributed by atoms with E-state index in [2.05, 4.69) is 18.4 Å². The van der Waals surface area contributed by atoms with E-state index in [1.165, 1.54) is 0 Å². The molecule has 2 unspecified atom stereocenters. The SMILES string of the molecule is COC1(c2nc3c(n2C(C)C)C(c2ccc(Cl)cc2C)N(c2cc(Cl)ccc2C)C3=O)C=CC(C(=O)N(C)C)=CC1. The number of amides is 2. The number of nitrogens with zero attached hydrogens (tertiary/aromatic N) is 4. The number of hydrogen-bond acceptors (Lipinski definition) is 4. The van der Waals surface area contributed by atoms with E-state index in [1.807, 2.05) is 62.4 Å². The zero-order valence-electron chi connectivity index (χ0n) is 24.3. The van der Waals surface area contributed by atoms with Gasteiger partial charge >= 0.3 is 0 Å². The number of aryl methyl sites for hydroxylation is 2. The number of methoxy groups -OCH3 is 1. The third kappa shape index (κ3) is 4.80. The van der Waals surface area contributed by atoms with Crippen LogP contribution in [0.4, 0.5) is 5.69 Å². The van der Waals surface area contributed by atoms with Crippen LogP contribution in [0.3, 0.4) is 0 Å². The molecule has 0 spiro atoms. The van der Waals surface area contributed by atoms with Crippen LogP contribution in [0.5, 0.6) is 0 Å². The molecule has 0 fully saturated rings. The van der Waals surface area contributed by atoms with Gasteiger partial charge < -0.3 is 14.2 Å². The Labute approximate surface area is 251 Å². The van der Waals surface area contributed by atoms with Crippen molar-refractivity contribution in [2.45, 2.75) is 51.8 Å². The van der Waals surface area contributed by atoms with Gasteiger partial charge in [-0.15, -0.1) is 0 Å². The van der Waals surface area contributed by atoms with Gasteiger partial charge in [-0.05, 0) is 74.7 Å². The predicted octanol–water partition coefficient (Wildman–Crippen LogP) is 6.95. The van der Waals surface area contributed by atoms with Gasteiger partial charge in [0.1, 0.15) is 17.5 Å². The Balaban J connectivity index is 1.74. The number of likely N-dealkylation sites (N-methyl/N-ethyl adjacent to an activating group) is 1. The second kappa shape index (κ2) is 10.8. The van der Waals surface area contributed by atoms with Gasteiger partial charge in [-0.25, -0.2) is 4.98 Å². The lowest BCUT2D eigenvalue weighted by molar-refractivity contribution is -0.124. The molecule has 7 nitrogen and oxygen atoms in total. The summed E-state index contributed by atoms with van der Waals surface area (Å²) in [5.74, 6) is 0.327. The van der Waals surface area contributed by atoms with Crippen LogP contribution in [0.25, 0.3) is 0 Å². The number of hydrogen-bond donors (Lipinski definition) is 0. The highest BCUT2D eigenvalue weighted by molar-refractivity contribution is 6.31. The summed E-state index contributed by atoms with van der Waals surface area (Å²) in [7, 11) is 5.08. The smallest absolute Gasteiger partial charge is 0.279 e. The largest absolute Gasteiger partial charge is 0.366 e. The zero-order chi connectivity index (χ0) is 29.8. The Morgan fingerprint density at radius 3 is 2.37 bits per heavy atom. The molecule has 1 aromatic heterocycles. The number of benzene rings is 2. The molecule has 0 saturated heterocycles. The summed E-state index contributed by atoms with van der Waals surface area (Å²) in [6, 6.07) is 10.8. The Morgan fingerprint density at radius 2 is 1.78 bits per heavy atom. The Bertz CT molecular complexity index is 1620. The number of carbonyl (C=O) groups excluding carboxylic acids is 2. The van der Waals surface area contributed by atoms with Gasteiger partial charge in [0.2, 0.25) is 0 Å². The minimum Gasteiger partial charge on any atom is -0.366 e. The van der Waals surface area contributed by atoms with Gasteiger partial charge in [-0.3, -0.25) is 14.5 Å². The van der Waals surface area contributed by atoms with Crippen molar-refractivity contribution in [3.05, 3.63) is 104 Å². The van der Waals surface area contributed by atoms with E-state index in [1.54, 1.807) is 37.1 Å². The standard InChI is InChI=1S/C32H34Cl2N4O3/c1-18(2)37-28-26(35-31(37)32(41-7)14-12-21(13-15-32)29(39)36(5)6)30(40)38(25-17-23(34)9-8-19(25)3)27(28)24-11-10-22(33)16-20(24)4/h8-14,16-18,27H,15H2,1-7H3. The lowest BCUT2D eigenvalue weighted by Gasteiger charge is -2.35. The molecule has 5 rings (SSSR count). The van der Waals surface area contributed by atoms with E-state index in [4.69, 9.17) is 32.9 Å². The molecule has 2 atom stereocenters. The summed E-state index contributed by atoms with van der Waals surface area (Å²) >= 11 is 12.8. The van der Waals surface area contributed by atoms with E-state index in [0.717, 1.165) is 28.1 Å². The molecular weight excluding hydrogens is 559 g/mol. The molecule has 214 valence electrons. The highest BCUT2D eigenvalue weighted by atomic mass is 35.5. The monoisotopic (exact) mass is 592 g/mol. The first kappa shape index (κ1) is 29.1. The number of ether oxygens (including phenoxy) is 1. The molecule has 0 saturated carbocycles. The van der Waals surface area contributed by atoms with E-state index < -0.39 is 11.6 Å². The minimum atomic E-state index is -0.957. The summed E-state index contributed by atoms with van der Waals surface area (Å²) in [5, 5.41) is 1.17. The first-order valence-electron chi connectivity index (χ1n) is 13.5. The van der Waals surface area contributed by atoms with Gasteiger partial charge in [0, 0.05) is 55.0 Å². The molecule has 3 aromatic rings. The van der Waals surface area contributed by atoms with Crippen LogP contribution in [0.1, 0.15) is 71.0 Å². The summed E-state index contributed by atoms with van der Waals surface area (Å²) in [5.41, 5.74) is 4.34. The van der Waals surface area contributed by atoms with Crippen LogP contribution in [-0.2, 0) is 15.1 Å². The quantitative estimate of drug-likeness (QED) is 0.310. The van der Waals surface area contributed by atoms with E-state index in [0.29, 0.717) is 33.6 Å².